The molecule has 1 aliphatic rings. The maximum Gasteiger partial charge on any atom is 0.303 e. The zero-order valence-electron chi connectivity index (χ0n) is 9.76. The molecule has 1 aliphatic carbocycles. The van der Waals surface area contributed by atoms with Crippen molar-refractivity contribution in [3.63, 3.8) is 0 Å². The molecule has 0 saturated heterocycles. The summed E-state index contributed by atoms with van der Waals surface area (Å²) in [7, 11) is 0. The number of carbonyl (C=O) groups excluding carboxylic acids is 1. The van der Waals surface area contributed by atoms with Gasteiger partial charge in [0.25, 0.3) is 0 Å². The van der Waals surface area contributed by atoms with E-state index >= 15 is 0 Å². The Balaban J connectivity index is 1.96. The Labute approximate surface area is 108 Å². The number of aromatic nitrogens is 3. The normalized spacial score (nSPS) is 17.6. The van der Waals surface area contributed by atoms with Gasteiger partial charge in [0.2, 0.25) is 11.0 Å². The summed E-state index contributed by atoms with van der Waals surface area (Å²) >= 11 is 1.00. The minimum Gasteiger partial charge on any atom is -0.481 e. The third-order valence-corrected chi connectivity index (χ3v) is 3.78. The first-order valence-corrected chi connectivity index (χ1v) is 6.54. The van der Waals surface area contributed by atoms with E-state index in [1.54, 1.807) is 0 Å². The van der Waals surface area contributed by atoms with Crippen molar-refractivity contribution in [3.05, 3.63) is 0 Å². The van der Waals surface area contributed by atoms with Gasteiger partial charge in [-0.3, -0.25) is 14.9 Å². The first-order valence-electron chi connectivity index (χ1n) is 5.76. The van der Waals surface area contributed by atoms with E-state index in [9.17, 15) is 9.59 Å². The SMILES string of the molecule is O=C(O)CC1(CC(=O)Nc2nnns2)CCCC1. The number of carbonyl (C=O) groups is 2. The number of anilines is 1. The zero-order chi connectivity index (χ0) is 13.0. The Kier molecular flexibility index (Phi) is 3.85. The van der Waals surface area contributed by atoms with E-state index in [0.29, 0.717) is 5.13 Å². The molecule has 1 amide bonds. The van der Waals surface area contributed by atoms with Crippen LogP contribution in [0.5, 0.6) is 0 Å². The number of nitrogens with one attached hydrogen (secondary N) is 1. The highest BCUT2D eigenvalue weighted by Gasteiger charge is 2.38. The molecule has 1 saturated carbocycles. The molecule has 0 aromatic carbocycles. The molecule has 2 N–H and O–H groups in total. The molecule has 0 atom stereocenters. The Hall–Kier alpha value is -1.57. The molecule has 1 heterocycles. The lowest BCUT2D eigenvalue weighted by molar-refractivity contribution is -0.140. The largest absolute Gasteiger partial charge is 0.481 e. The molecule has 98 valence electrons. The first kappa shape index (κ1) is 12.9. The highest BCUT2D eigenvalue weighted by molar-refractivity contribution is 7.09. The minimum atomic E-state index is -0.845. The van der Waals surface area contributed by atoms with E-state index < -0.39 is 11.4 Å². The molecule has 0 aliphatic heterocycles. The molecule has 8 heteroatoms. The minimum absolute atomic E-state index is 0.0504. The maximum absolute atomic E-state index is 11.9. The van der Waals surface area contributed by atoms with Crippen LogP contribution in [0.1, 0.15) is 38.5 Å². The molecule has 7 nitrogen and oxygen atoms in total. The molecule has 18 heavy (non-hydrogen) atoms. The number of aliphatic carboxylic acids is 1. The number of carboxylic acids is 1. The number of hydrogen-bond donors (Lipinski definition) is 2. The van der Waals surface area contributed by atoms with E-state index in [4.69, 9.17) is 5.11 Å². The topological polar surface area (TPSA) is 105 Å². The monoisotopic (exact) mass is 270 g/mol. The van der Waals surface area contributed by atoms with Crippen molar-refractivity contribution in [1.82, 2.24) is 14.8 Å². The van der Waals surface area contributed by atoms with Gasteiger partial charge in [-0.05, 0) is 23.5 Å². The Morgan fingerprint density at radius 3 is 2.61 bits per heavy atom. The van der Waals surface area contributed by atoms with E-state index in [0.717, 1.165) is 37.2 Å². The summed E-state index contributed by atoms with van der Waals surface area (Å²) in [6.07, 6.45) is 3.83. The van der Waals surface area contributed by atoms with Crippen molar-refractivity contribution in [3.8, 4) is 0 Å². The van der Waals surface area contributed by atoms with Gasteiger partial charge in [0.15, 0.2) is 0 Å². The van der Waals surface area contributed by atoms with Crippen LogP contribution in [0.25, 0.3) is 0 Å². The lowest BCUT2D eigenvalue weighted by Crippen LogP contribution is -2.27. The Bertz CT molecular complexity index is 428. The molecule has 0 bridgehead atoms. The van der Waals surface area contributed by atoms with Crippen LogP contribution in [0, 0.1) is 5.41 Å². The van der Waals surface area contributed by atoms with Crippen LogP contribution in [-0.4, -0.2) is 31.8 Å². The van der Waals surface area contributed by atoms with E-state index in [-0.39, 0.29) is 18.7 Å². The summed E-state index contributed by atoms with van der Waals surface area (Å²) < 4.78 is 3.54. The third kappa shape index (κ3) is 3.22. The zero-order valence-corrected chi connectivity index (χ0v) is 10.6. The lowest BCUT2D eigenvalue weighted by atomic mass is 9.79. The Morgan fingerprint density at radius 2 is 2.06 bits per heavy atom. The Morgan fingerprint density at radius 1 is 1.33 bits per heavy atom. The standard InChI is InChI=1S/C10H14N4O3S/c15-7(11-9-12-13-14-18-9)5-10(6-8(16)17)3-1-2-4-10/h1-6H2,(H,16,17)(H,11,12,14,15). The predicted octanol–water partition coefficient (Wildman–Crippen LogP) is 1.30. The fraction of sp³-hybridized carbons (Fsp3) is 0.700. The maximum atomic E-state index is 11.9. The summed E-state index contributed by atoms with van der Waals surface area (Å²) in [5.74, 6) is -1.06. The van der Waals surface area contributed by atoms with Gasteiger partial charge in [-0.1, -0.05) is 22.4 Å². The van der Waals surface area contributed by atoms with E-state index in [1.807, 2.05) is 0 Å². The summed E-state index contributed by atoms with van der Waals surface area (Å²) in [5.41, 5.74) is -0.395. The van der Waals surface area contributed by atoms with E-state index in [1.165, 1.54) is 0 Å². The van der Waals surface area contributed by atoms with Crippen molar-refractivity contribution in [1.29, 1.82) is 0 Å². The molecule has 1 fully saturated rings. The number of hydrogen-bond acceptors (Lipinski definition) is 6. The third-order valence-electron chi connectivity index (χ3n) is 3.27. The van der Waals surface area contributed by atoms with Crippen LogP contribution in [0.2, 0.25) is 0 Å². The van der Waals surface area contributed by atoms with Gasteiger partial charge in [0.05, 0.1) is 6.42 Å². The number of carboxylic acid groups (broad SMARTS) is 1. The predicted molar refractivity (Wildman–Crippen MR) is 64.1 cm³/mol. The van der Waals surface area contributed by atoms with Crippen molar-refractivity contribution >= 4 is 28.5 Å². The second kappa shape index (κ2) is 5.38. The van der Waals surface area contributed by atoms with Crippen LogP contribution in [0.15, 0.2) is 0 Å². The number of rotatable bonds is 5. The van der Waals surface area contributed by atoms with Gasteiger partial charge in [-0.15, -0.1) is 0 Å². The van der Waals surface area contributed by atoms with Gasteiger partial charge in [-0.2, -0.15) is 0 Å². The van der Waals surface area contributed by atoms with Crippen molar-refractivity contribution in [2.24, 2.45) is 5.41 Å². The molecule has 1 aromatic heterocycles. The second-order valence-corrected chi connectivity index (χ2v) is 5.40. The molecule has 0 spiro atoms. The fourth-order valence-electron chi connectivity index (χ4n) is 2.55. The van der Waals surface area contributed by atoms with Crippen LogP contribution in [0.3, 0.4) is 0 Å². The quantitative estimate of drug-likeness (QED) is 0.835. The average Bonchev–Trinajstić information content (AvgIpc) is 2.89. The summed E-state index contributed by atoms with van der Waals surface area (Å²) in [5, 5.41) is 18.9. The smallest absolute Gasteiger partial charge is 0.303 e. The molecule has 0 radical (unpaired) electrons. The van der Waals surface area contributed by atoms with Crippen LogP contribution in [-0.2, 0) is 9.59 Å². The summed E-state index contributed by atoms with van der Waals surface area (Å²) in [4.78, 5) is 22.8. The van der Waals surface area contributed by atoms with Crippen LogP contribution < -0.4 is 5.32 Å². The fourth-order valence-corrected chi connectivity index (χ4v) is 2.93. The van der Waals surface area contributed by atoms with Crippen molar-refractivity contribution in [2.75, 3.05) is 5.32 Å². The molecular weight excluding hydrogens is 256 g/mol. The number of nitrogens with zero attached hydrogens (tertiary/aromatic N) is 3. The van der Waals surface area contributed by atoms with Gasteiger partial charge in [-0.25, -0.2) is 0 Å². The second-order valence-electron chi connectivity index (χ2n) is 4.67. The van der Waals surface area contributed by atoms with Gasteiger partial charge in [0, 0.05) is 18.0 Å². The van der Waals surface area contributed by atoms with Gasteiger partial charge < -0.3 is 5.11 Å². The highest BCUT2D eigenvalue weighted by Crippen LogP contribution is 2.44. The van der Waals surface area contributed by atoms with Crippen molar-refractivity contribution < 1.29 is 14.7 Å². The molecule has 0 unspecified atom stereocenters. The van der Waals surface area contributed by atoms with Crippen LogP contribution >= 0.6 is 11.5 Å². The highest BCUT2D eigenvalue weighted by atomic mass is 32.1. The summed E-state index contributed by atoms with van der Waals surface area (Å²) in [6, 6.07) is 0. The molecular formula is C10H14N4O3S. The van der Waals surface area contributed by atoms with Crippen molar-refractivity contribution in [2.45, 2.75) is 38.5 Å². The molecule has 2 rings (SSSR count). The number of amides is 1. The first-order chi connectivity index (χ1) is 8.60. The van der Waals surface area contributed by atoms with Gasteiger partial charge in [0.1, 0.15) is 0 Å². The summed E-state index contributed by atoms with van der Waals surface area (Å²) in [6.45, 7) is 0. The van der Waals surface area contributed by atoms with E-state index in [2.05, 4.69) is 20.1 Å². The van der Waals surface area contributed by atoms with Crippen LogP contribution in [0.4, 0.5) is 5.13 Å². The molecule has 1 aromatic rings. The lowest BCUT2D eigenvalue weighted by Gasteiger charge is -2.25. The van der Waals surface area contributed by atoms with Gasteiger partial charge >= 0.3 is 5.97 Å². The average molecular weight is 270 g/mol.